The number of imide groups is 1. The van der Waals surface area contributed by atoms with Gasteiger partial charge in [0, 0.05) is 24.5 Å². The van der Waals surface area contributed by atoms with E-state index < -0.39 is 23.6 Å². The third-order valence-electron chi connectivity index (χ3n) is 5.53. The molecule has 0 spiro atoms. The van der Waals surface area contributed by atoms with Gasteiger partial charge >= 0.3 is 6.03 Å². The Hall–Kier alpha value is -4.04. The van der Waals surface area contributed by atoms with Crippen molar-refractivity contribution in [2.24, 2.45) is 0 Å². The molecule has 162 valence electrons. The van der Waals surface area contributed by atoms with Gasteiger partial charge in [0.15, 0.2) is 0 Å². The van der Waals surface area contributed by atoms with E-state index >= 15 is 0 Å². The van der Waals surface area contributed by atoms with Gasteiger partial charge in [-0.15, -0.1) is 0 Å². The molecule has 8 nitrogen and oxygen atoms in total. The number of aromatic nitrogens is 1. The van der Waals surface area contributed by atoms with Gasteiger partial charge in [0.25, 0.3) is 11.8 Å². The van der Waals surface area contributed by atoms with E-state index in [2.05, 4.69) is 20.9 Å². The smallest absolute Gasteiger partial charge is 0.322 e. The molecular weight excluding hydrogens is 408 g/mol. The number of amides is 4. The van der Waals surface area contributed by atoms with Gasteiger partial charge in [-0.05, 0) is 53.4 Å². The summed E-state index contributed by atoms with van der Waals surface area (Å²) < 4.78 is 0. The normalized spacial score (nSPS) is 18.6. The van der Waals surface area contributed by atoms with Crippen LogP contribution < -0.4 is 16.0 Å². The van der Waals surface area contributed by atoms with Gasteiger partial charge in [0.2, 0.25) is 0 Å². The van der Waals surface area contributed by atoms with Crippen LogP contribution in [0, 0.1) is 0 Å². The fourth-order valence-electron chi connectivity index (χ4n) is 3.54. The molecule has 1 fully saturated rings. The Bertz CT molecular complexity index is 1150. The number of aliphatic hydroxyl groups is 1. The van der Waals surface area contributed by atoms with Crippen molar-refractivity contribution in [3.63, 3.8) is 0 Å². The molecule has 2 heterocycles. The van der Waals surface area contributed by atoms with Gasteiger partial charge in [-0.25, -0.2) is 4.79 Å². The number of urea groups is 1. The highest BCUT2D eigenvalue weighted by Gasteiger charge is 2.48. The fourth-order valence-corrected chi connectivity index (χ4v) is 3.54. The minimum atomic E-state index is -1.43. The summed E-state index contributed by atoms with van der Waals surface area (Å²) in [5.74, 6) is -0.742. The lowest BCUT2D eigenvalue weighted by Crippen LogP contribution is -2.49. The zero-order valence-electron chi connectivity index (χ0n) is 17.3. The third-order valence-corrected chi connectivity index (χ3v) is 5.53. The molecule has 2 atom stereocenters. The first kappa shape index (κ1) is 21.2. The van der Waals surface area contributed by atoms with Crippen molar-refractivity contribution in [1.82, 2.24) is 20.9 Å². The maximum absolute atomic E-state index is 12.4. The van der Waals surface area contributed by atoms with Crippen LogP contribution in [0.3, 0.4) is 0 Å². The van der Waals surface area contributed by atoms with E-state index in [1.54, 1.807) is 36.7 Å². The van der Waals surface area contributed by atoms with Crippen molar-refractivity contribution in [3.05, 3.63) is 89.7 Å². The summed E-state index contributed by atoms with van der Waals surface area (Å²) in [7, 11) is 0. The molecule has 8 heteroatoms. The summed E-state index contributed by atoms with van der Waals surface area (Å²) in [6, 6.07) is 17.3. The lowest BCUT2D eigenvalue weighted by molar-refractivity contribution is -0.127. The summed E-state index contributed by atoms with van der Waals surface area (Å²) in [4.78, 5) is 39.8. The number of carbonyl (C=O) groups is 3. The predicted molar refractivity (Wildman–Crippen MR) is 117 cm³/mol. The minimum Gasteiger partial charge on any atom is -0.385 e. The second kappa shape index (κ2) is 8.60. The number of nitrogens with zero attached hydrogens (tertiary/aromatic N) is 1. The molecule has 1 aliphatic heterocycles. The molecule has 4 amide bonds. The van der Waals surface area contributed by atoms with E-state index in [1.165, 1.54) is 6.92 Å². The van der Waals surface area contributed by atoms with Gasteiger partial charge < -0.3 is 15.7 Å². The van der Waals surface area contributed by atoms with Gasteiger partial charge in [-0.3, -0.25) is 19.9 Å². The summed E-state index contributed by atoms with van der Waals surface area (Å²) >= 11 is 0. The summed E-state index contributed by atoms with van der Waals surface area (Å²) in [5.41, 5.74) is 2.37. The predicted octanol–water partition coefficient (Wildman–Crippen LogP) is 2.31. The number of aliphatic hydroxyl groups excluding tert-OH is 1. The molecule has 1 aromatic heterocycles. The van der Waals surface area contributed by atoms with Crippen molar-refractivity contribution < 1.29 is 19.5 Å². The van der Waals surface area contributed by atoms with E-state index in [0.717, 1.165) is 16.7 Å². The Morgan fingerprint density at radius 3 is 2.16 bits per heavy atom. The molecule has 2 unspecified atom stereocenters. The van der Waals surface area contributed by atoms with Crippen LogP contribution in [0.4, 0.5) is 4.79 Å². The zero-order valence-corrected chi connectivity index (χ0v) is 17.3. The minimum absolute atomic E-state index is 0.169. The molecule has 3 aromatic rings. The van der Waals surface area contributed by atoms with Crippen LogP contribution in [-0.2, 0) is 11.3 Å². The molecule has 1 aliphatic rings. The van der Waals surface area contributed by atoms with Crippen molar-refractivity contribution >= 4 is 17.8 Å². The average molecular weight is 430 g/mol. The first-order valence-corrected chi connectivity index (χ1v) is 10.1. The first-order valence-electron chi connectivity index (χ1n) is 10.1. The number of pyridine rings is 1. The summed E-state index contributed by atoms with van der Waals surface area (Å²) in [5, 5.41) is 18.1. The lowest BCUT2D eigenvalue weighted by Gasteiger charge is -2.27. The fraction of sp³-hybridized carbons (Fsp3) is 0.167. The highest BCUT2D eigenvalue weighted by atomic mass is 16.3. The standard InChI is InChI=1S/C24H22N4O4/c1-24(22(31)27-23(32)28-24)20(29)18-6-2-16(3-7-18)17-4-8-19(9-5-17)21(30)26-14-15-10-12-25-13-11-15/h2-13,20,29H,14H2,1H3,(H,26,30)(H2,27,28,31,32). The van der Waals surface area contributed by atoms with E-state index in [1.807, 2.05) is 36.4 Å². The second-order valence-corrected chi connectivity index (χ2v) is 7.75. The van der Waals surface area contributed by atoms with E-state index in [4.69, 9.17) is 0 Å². The highest BCUT2D eigenvalue weighted by molar-refractivity contribution is 6.07. The molecule has 32 heavy (non-hydrogen) atoms. The van der Waals surface area contributed by atoms with Crippen LogP contribution in [0.25, 0.3) is 11.1 Å². The topological polar surface area (TPSA) is 120 Å². The van der Waals surface area contributed by atoms with Crippen LogP contribution in [0.5, 0.6) is 0 Å². The Balaban J connectivity index is 1.42. The molecule has 2 aromatic carbocycles. The Morgan fingerprint density at radius 1 is 1.00 bits per heavy atom. The van der Waals surface area contributed by atoms with Crippen molar-refractivity contribution in [2.75, 3.05) is 0 Å². The Labute approximate surface area is 184 Å². The van der Waals surface area contributed by atoms with Crippen molar-refractivity contribution in [1.29, 1.82) is 0 Å². The molecule has 0 aliphatic carbocycles. The van der Waals surface area contributed by atoms with Gasteiger partial charge in [0.1, 0.15) is 11.6 Å². The van der Waals surface area contributed by atoms with Crippen LogP contribution in [0.15, 0.2) is 73.1 Å². The number of benzene rings is 2. The molecule has 4 rings (SSSR count). The van der Waals surface area contributed by atoms with Crippen molar-refractivity contribution in [3.8, 4) is 11.1 Å². The van der Waals surface area contributed by atoms with Crippen LogP contribution >= 0.6 is 0 Å². The average Bonchev–Trinajstić information content (AvgIpc) is 3.09. The quantitative estimate of drug-likeness (QED) is 0.447. The maximum atomic E-state index is 12.4. The van der Waals surface area contributed by atoms with E-state index in [9.17, 15) is 19.5 Å². The Morgan fingerprint density at radius 2 is 1.59 bits per heavy atom. The SMILES string of the molecule is CC1(C(O)c2ccc(-c3ccc(C(=O)NCc4ccncc4)cc3)cc2)NC(=O)NC1=O. The van der Waals surface area contributed by atoms with Gasteiger partial charge in [-0.1, -0.05) is 36.4 Å². The summed E-state index contributed by atoms with van der Waals surface area (Å²) in [6.07, 6.45) is 2.16. The largest absolute Gasteiger partial charge is 0.385 e. The van der Waals surface area contributed by atoms with E-state index in [-0.39, 0.29) is 5.91 Å². The number of hydrogen-bond acceptors (Lipinski definition) is 5. The monoisotopic (exact) mass is 430 g/mol. The third kappa shape index (κ3) is 4.21. The first-order chi connectivity index (χ1) is 15.4. The Kier molecular flexibility index (Phi) is 5.70. The maximum Gasteiger partial charge on any atom is 0.322 e. The number of hydrogen-bond donors (Lipinski definition) is 4. The molecule has 0 radical (unpaired) electrons. The number of carbonyl (C=O) groups excluding carboxylic acids is 3. The highest BCUT2D eigenvalue weighted by Crippen LogP contribution is 2.30. The number of nitrogens with one attached hydrogen (secondary N) is 3. The zero-order chi connectivity index (χ0) is 22.7. The molecule has 1 saturated heterocycles. The van der Waals surface area contributed by atoms with Gasteiger partial charge in [-0.2, -0.15) is 0 Å². The molecule has 0 saturated carbocycles. The van der Waals surface area contributed by atoms with Crippen molar-refractivity contribution in [2.45, 2.75) is 25.1 Å². The molecular formula is C24H22N4O4. The van der Waals surface area contributed by atoms with Crippen LogP contribution in [0.2, 0.25) is 0 Å². The number of rotatable bonds is 6. The second-order valence-electron chi connectivity index (χ2n) is 7.75. The van der Waals surface area contributed by atoms with Crippen LogP contribution in [0.1, 0.15) is 34.5 Å². The summed E-state index contributed by atoms with van der Waals surface area (Å²) in [6.45, 7) is 1.90. The molecule has 4 N–H and O–H groups in total. The van der Waals surface area contributed by atoms with Crippen LogP contribution in [-0.4, -0.2) is 33.5 Å². The molecule has 0 bridgehead atoms. The van der Waals surface area contributed by atoms with Gasteiger partial charge in [0.05, 0.1) is 0 Å². The van der Waals surface area contributed by atoms with E-state index in [0.29, 0.717) is 17.7 Å². The lowest BCUT2D eigenvalue weighted by atomic mass is 9.88.